The number of amides is 3. The zero-order valence-corrected chi connectivity index (χ0v) is 19.6. The van der Waals surface area contributed by atoms with Crippen molar-refractivity contribution in [2.24, 2.45) is 5.73 Å². The zero-order chi connectivity index (χ0) is 24.5. The first-order valence-electron chi connectivity index (χ1n) is 9.37. The quantitative estimate of drug-likeness (QED) is 0.445. The van der Waals surface area contributed by atoms with Gasteiger partial charge in [-0.05, 0) is 58.9 Å². The molecule has 5 N–H and O–H groups in total. The fourth-order valence-corrected chi connectivity index (χ4v) is 3.79. The molecule has 0 saturated carbocycles. The molecule has 0 saturated heterocycles. The number of anilines is 1. The van der Waals surface area contributed by atoms with Gasteiger partial charge in [-0.2, -0.15) is 13.9 Å². The molecule has 0 aliphatic carbocycles. The Balaban J connectivity index is 2.02. The van der Waals surface area contributed by atoms with E-state index in [2.05, 4.69) is 31.7 Å². The van der Waals surface area contributed by atoms with Gasteiger partial charge in [-0.15, -0.1) is 0 Å². The molecule has 9 nitrogen and oxygen atoms in total. The summed E-state index contributed by atoms with van der Waals surface area (Å²) in [6, 6.07) is 3.20. The Morgan fingerprint density at radius 1 is 1.30 bits per heavy atom. The van der Waals surface area contributed by atoms with E-state index < -0.39 is 35.4 Å². The number of halogens is 4. The molecule has 3 amide bonds. The monoisotopic (exact) mass is 542 g/mol. The van der Waals surface area contributed by atoms with Crippen LogP contribution in [0.3, 0.4) is 0 Å². The highest BCUT2D eigenvalue weighted by molar-refractivity contribution is 9.10. The predicted octanol–water partition coefficient (Wildman–Crippen LogP) is 2.88. The molecule has 1 aromatic carbocycles. The number of primary amides is 1. The van der Waals surface area contributed by atoms with Gasteiger partial charge >= 0.3 is 5.92 Å². The van der Waals surface area contributed by atoms with Crippen molar-refractivity contribution in [3.05, 3.63) is 68.6 Å². The molecular weight excluding hydrogens is 526 g/mol. The third-order valence-electron chi connectivity index (χ3n) is 4.76. The van der Waals surface area contributed by atoms with Crippen LogP contribution in [-0.2, 0) is 10.7 Å². The Morgan fingerprint density at radius 3 is 2.61 bits per heavy atom. The number of hydrogen-bond donors (Lipinski definition) is 4. The lowest BCUT2D eigenvalue weighted by Crippen LogP contribution is -2.36. The van der Waals surface area contributed by atoms with Crippen LogP contribution < -0.4 is 21.7 Å². The van der Waals surface area contributed by atoms with Crippen LogP contribution in [0.2, 0.25) is 0 Å². The molecule has 2 aromatic rings. The summed E-state index contributed by atoms with van der Waals surface area (Å²) in [5, 5.41) is 11.9. The maximum absolute atomic E-state index is 14.4. The summed E-state index contributed by atoms with van der Waals surface area (Å²) in [4.78, 5) is 36.7. The van der Waals surface area contributed by atoms with E-state index in [9.17, 15) is 23.2 Å². The molecule has 1 atom stereocenters. The lowest BCUT2D eigenvalue weighted by molar-refractivity contribution is -0.146. The number of nitrogens with one attached hydrogen (secondary N) is 3. The minimum Gasteiger partial charge on any atom is -0.366 e. The second-order valence-corrected chi connectivity index (χ2v) is 8.21. The maximum Gasteiger partial charge on any atom is 0.349 e. The number of nitrogens with two attached hydrogens (primary N) is 1. The molecule has 1 unspecified atom stereocenters. The topological polar surface area (TPSA) is 131 Å². The highest BCUT2D eigenvalue weighted by Gasteiger charge is 2.41. The van der Waals surface area contributed by atoms with E-state index in [1.54, 1.807) is 18.4 Å². The normalized spacial score (nSPS) is 15.5. The molecule has 2 heterocycles. The SMILES string of the molecule is CNC(=O)C(F)(F)c1cc(C)c(NC(=O)c2cc(Br)nn2C2NC=CC=C2Cl)c(C(N)=O)c1. The molecule has 1 aromatic heterocycles. The van der Waals surface area contributed by atoms with Gasteiger partial charge in [0.1, 0.15) is 10.3 Å². The van der Waals surface area contributed by atoms with Crippen molar-refractivity contribution in [1.82, 2.24) is 20.4 Å². The molecule has 0 bridgehead atoms. The number of aryl methyl sites for hydroxylation is 1. The van der Waals surface area contributed by atoms with Crippen LogP contribution in [0.5, 0.6) is 0 Å². The van der Waals surface area contributed by atoms with Crippen LogP contribution >= 0.6 is 27.5 Å². The molecular formula is C20H18BrClF2N6O3. The maximum atomic E-state index is 14.4. The van der Waals surface area contributed by atoms with Crippen LogP contribution in [-0.4, -0.2) is 34.5 Å². The number of likely N-dealkylation sites (N-methyl/N-ethyl adjacent to an activating group) is 1. The van der Waals surface area contributed by atoms with Crippen molar-refractivity contribution in [2.45, 2.75) is 19.0 Å². The van der Waals surface area contributed by atoms with Crippen LogP contribution in [0, 0.1) is 6.92 Å². The lowest BCUT2D eigenvalue weighted by atomic mass is 9.98. The van der Waals surface area contributed by atoms with E-state index in [1.807, 2.05) is 5.32 Å². The van der Waals surface area contributed by atoms with E-state index in [4.69, 9.17) is 17.3 Å². The average Bonchev–Trinajstić information content (AvgIpc) is 3.15. The van der Waals surface area contributed by atoms with Crippen molar-refractivity contribution in [2.75, 3.05) is 12.4 Å². The van der Waals surface area contributed by atoms with Gasteiger partial charge in [0.25, 0.3) is 17.7 Å². The first-order valence-corrected chi connectivity index (χ1v) is 10.5. The van der Waals surface area contributed by atoms with Crippen molar-refractivity contribution < 1.29 is 23.2 Å². The van der Waals surface area contributed by atoms with E-state index in [1.165, 1.54) is 17.7 Å². The minimum absolute atomic E-state index is 0.0517. The minimum atomic E-state index is -3.92. The summed E-state index contributed by atoms with van der Waals surface area (Å²) < 4.78 is 30.5. The van der Waals surface area contributed by atoms with Gasteiger partial charge in [0.05, 0.1) is 16.3 Å². The van der Waals surface area contributed by atoms with E-state index >= 15 is 0 Å². The number of rotatable bonds is 6. The highest BCUT2D eigenvalue weighted by Crippen LogP contribution is 2.34. The summed E-state index contributed by atoms with van der Waals surface area (Å²) in [6.07, 6.45) is 4.25. The van der Waals surface area contributed by atoms with Crippen molar-refractivity contribution in [1.29, 1.82) is 0 Å². The third kappa shape index (κ3) is 4.76. The average molecular weight is 544 g/mol. The van der Waals surface area contributed by atoms with Crippen molar-refractivity contribution in [3.8, 4) is 0 Å². The molecule has 0 fully saturated rings. The Bertz CT molecular complexity index is 1210. The lowest BCUT2D eigenvalue weighted by Gasteiger charge is -2.22. The largest absolute Gasteiger partial charge is 0.366 e. The van der Waals surface area contributed by atoms with Gasteiger partial charge in [0.15, 0.2) is 6.17 Å². The van der Waals surface area contributed by atoms with Crippen LogP contribution in [0.25, 0.3) is 0 Å². The smallest absolute Gasteiger partial charge is 0.349 e. The van der Waals surface area contributed by atoms with Crippen LogP contribution in [0.4, 0.5) is 14.5 Å². The summed E-state index contributed by atoms with van der Waals surface area (Å²) in [5.41, 5.74) is 4.33. The summed E-state index contributed by atoms with van der Waals surface area (Å²) in [7, 11) is 1.06. The number of carbonyl (C=O) groups excluding carboxylic acids is 3. The molecule has 174 valence electrons. The van der Waals surface area contributed by atoms with Gasteiger partial charge in [-0.1, -0.05) is 11.6 Å². The summed E-state index contributed by atoms with van der Waals surface area (Å²) >= 11 is 9.44. The second-order valence-electron chi connectivity index (χ2n) is 6.96. The number of benzene rings is 1. The Hall–Kier alpha value is -3.25. The number of allylic oxidation sites excluding steroid dienone is 2. The fourth-order valence-electron chi connectivity index (χ4n) is 3.17. The third-order valence-corrected chi connectivity index (χ3v) is 5.48. The fraction of sp³-hybridized carbons (Fsp3) is 0.200. The van der Waals surface area contributed by atoms with Crippen molar-refractivity contribution >= 4 is 50.9 Å². The van der Waals surface area contributed by atoms with Crippen LogP contribution in [0.1, 0.15) is 38.1 Å². The number of hydrogen-bond acceptors (Lipinski definition) is 5. The number of carbonyl (C=O) groups is 3. The Labute approximate surface area is 200 Å². The Kier molecular flexibility index (Phi) is 6.89. The summed E-state index contributed by atoms with van der Waals surface area (Å²) in [5.74, 6) is -7.24. The number of alkyl halides is 2. The van der Waals surface area contributed by atoms with Crippen molar-refractivity contribution in [3.63, 3.8) is 0 Å². The predicted molar refractivity (Wildman–Crippen MR) is 121 cm³/mol. The van der Waals surface area contributed by atoms with Gasteiger partial charge in [0, 0.05) is 18.7 Å². The highest BCUT2D eigenvalue weighted by atomic mass is 79.9. The van der Waals surface area contributed by atoms with E-state index in [-0.39, 0.29) is 22.5 Å². The van der Waals surface area contributed by atoms with E-state index in [0.29, 0.717) is 9.64 Å². The molecule has 1 aliphatic heterocycles. The molecule has 1 aliphatic rings. The molecule has 33 heavy (non-hydrogen) atoms. The van der Waals surface area contributed by atoms with Gasteiger partial charge < -0.3 is 21.7 Å². The van der Waals surface area contributed by atoms with Gasteiger partial charge in [-0.25, -0.2) is 4.68 Å². The first kappa shape index (κ1) is 24.4. The second kappa shape index (κ2) is 9.32. The molecule has 0 radical (unpaired) electrons. The number of dihydropyridines is 1. The zero-order valence-electron chi connectivity index (χ0n) is 17.2. The van der Waals surface area contributed by atoms with Gasteiger partial charge in [0.2, 0.25) is 0 Å². The number of aromatic nitrogens is 2. The van der Waals surface area contributed by atoms with Gasteiger partial charge in [-0.3, -0.25) is 14.4 Å². The summed E-state index contributed by atoms with van der Waals surface area (Å²) in [6.45, 7) is 1.39. The standard InChI is InChI=1S/C20H18BrClF2N6O3/c1-9-6-10(20(23,24)19(33)26-2)7-11(16(25)31)15(9)28-18(32)13-8-14(21)29-30(13)17-12(22)4-3-5-27-17/h3-8,17,27H,1-2H3,(H2,25,31)(H,26,33)(H,28,32). The first-order chi connectivity index (χ1) is 15.5. The van der Waals surface area contributed by atoms with E-state index in [0.717, 1.165) is 19.2 Å². The molecule has 0 spiro atoms. The Morgan fingerprint density at radius 2 is 2.00 bits per heavy atom. The van der Waals surface area contributed by atoms with Crippen LogP contribution in [0.15, 0.2) is 46.2 Å². The number of nitrogens with zero attached hydrogens (tertiary/aromatic N) is 2. The molecule has 13 heteroatoms. The molecule has 3 rings (SSSR count).